The quantitative estimate of drug-likeness (QED) is 0.752. The molecule has 1 unspecified atom stereocenters. The molecular formula is C14H21NO3. The lowest BCUT2D eigenvalue weighted by Gasteiger charge is -2.14. The van der Waals surface area contributed by atoms with E-state index in [2.05, 4.69) is 0 Å². The molecule has 0 bridgehead atoms. The second kappa shape index (κ2) is 7.71. The van der Waals surface area contributed by atoms with Crippen molar-refractivity contribution in [1.29, 1.82) is 0 Å². The molecule has 0 saturated heterocycles. The Kier molecular flexibility index (Phi) is 6.22. The SMILES string of the molecule is CCCOc1ccccc1CC(N)C(=O)OCC. The topological polar surface area (TPSA) is 61.5 Å². The second-order valence-electron chi connectivity index (χ2n) is 4.02. The Morgan fingerprint density at radius 2 is 2.06 bits per heavy atom. The highest BCUT2D eigenvalue weighted by Gasteiger charge is 2.17. The smallest absolute Gasteiger partial charge is 0.323 e. The van der Waals surface area contributed by atoms with Crippen molar-refractivity contribution in [2.75, 3.05) is 13.2 Å². The normalized spacial score (nSPS) is 11.9. The molecule has 18 heavy (non-hydrogen) atoms. The molecule has 1 aromatic carbocycles. The van der Waals surface area contributed by atoms with Gasteiger partial charge in [0.1, 0.15) is 11.8 Å². The molecule has 4 heteroatoms. The third kappa shape index (κ3) is 4.37. The lowest BCUT2D eigenvalue weighted by Crippen LogP contribution is -2.34. The van der Waals surface area contributed by atoms with Crippen LogP contribution in [0, 0.1) is 0 Å². The summed E-state index contributed by atoms with van der Waals surface area (Å²) >= 11 is 0. The summed E-state index contributed by atoms with van der Waals surface area (Å²) < 4.78 is 10.5. The minimum absolute atomic E-state index is 0.348. The Hall–Kier alpha value is -1.55. The molecule has 1 aromatic rings. The molecule has 1 atom stereocenters. The second-order valence-corrected chi connectivity index (χ2v) is 4.02. The van der Waals surface area contributed by atoms with E-state index < -0.39 is 6.04 Å². The first kappa shape index (κ1) is 14.5. The Balaban J connectivity index is 2.68. The molecule has 0 amide bonds. The van der Waals surface area contributed by atoms with Gasteiger partial charge in [-0.25, -0.2) is 0 Å². The molecule has 0 saturated carbocycles. The highest BCUT2D eigenvalue weighted by Crippen LogP contribution is 2.19. The summed E-state index contributed by atoms with van der Waals surface area (Å²) in [5.74, 6) is 0.418. The van der Waals surface area contributed by atoms with Crippen LogP contribution in [-0.4, -0.2) is 25.2 Å². The van der Waals surface area contributed by atoms with Gasteiger partial charge in [-0.1, -0.05) is 25.1 Å². The van der Waals surface area contributed by atoms with Gasteiger partial charge in [-0.05, 0) is 25.0 Å². The van der Waals surface area contributed by atoms with Crippen LogP contribution < -0.4 is 10.5 Å². The molecule has 2 N–H and O–H groups in total. The van der Waals surface area contributed by atoms with E-state index in [1.165, 1.54) is 0 Å². The van der Waals surface area contributed by atoms with Crippen molar-refractivity contribution in [3.63, 3.8) is 0 Å². The van der Waals surface area contributed by atoms with Crippen molar-refractivity contribution in [2.45, 2.75) is 32.7 Å². The molecule has 0 fully saturated rings. The van der Waals surface area contributed by atoms with Crippen LogP contribution in [-0.2, 0) is 16.0 Å². The number of esters is 1. The molecule has 0 aliphatic heterocycles. The fraction of sp³-hybridized carbons (Fsp3) is 0.500. The van der Waals surface area contributed by atoms with Crippen molar-refractivity contribution in [2.24, 2.45) is 5.73 Å². The monoisotopic (exact) mass is 251 g/mol. The fourth-order valence-corrected chi connectivity index (χ4v) is 1.59. The van der Waals surface area contributed by atoms with E-state index in [0.717, 1.165) is 17.7 Å². The minimum atomic E-state index is -0.642. The van der Waals surface area contributed by atoms with Gasteiger partial charge >= 0.3 is 5.97 Å². The summed E-state index contributed by atoms with van der Waals surface area (Å²) in [5.41, 5.74) is 6.74. The first-order valence-corrected chi connectivity index (χ1v) is 6.32. The van der Waals surface area contributed by atoms with Crippen LogP contribution in [0.4, 0.5) is 0 Å². The zero-order valence-electron chi connectivity index (χ0n) is 11.0. The van der Waals surface area contributed by atoms with Crippen molar-refractivity contribution < 1.29 is 14.3 Å². The van der Waals surface area contributed by atoms with Gasteiger partial charge in [-0.3, -0.25) is 4.79 Å². The van der Waals surface area contributed by atoms with Crippen LogP contribution >= 0.6 is 0 Å². The van der Waals surface area contributed by atoms with Crippen molar-refractivity contribution in [1.82, 2.24) is 0 Å². The largest absolute Gasteiger partial charge is 0.493 e. The van der Waals surface area contributed by atoms with E-state index in [4.69, 9.17) is 15.2 Å². The number of nitrogens with two attached hydrogens (primary N) is 1. The Morgan fingerprint density at radius 1 is 1.33 bits per heavy atom. The van der Waals surface area contributed by atoms with Crippen molar-refractivity contribution >= 4 is 5.97 Å². The highest BCUT2D eigenvalue weighted by molar-refractivity contribution is 5.76. The molecule has 4 nitrogen and oxygen atoms in total. The molecule has 0 radical (unpaired) electrons. The van der Waals surface area contributed by atoms with E-state index in [0.29, 0.717) is 19.6 Å². The Morgan fingerprint density at radius 3 is 2.72 bits per heavy atom. The van der Waals surface area contributed by atoms with Crippen LogP contribution in [0.1, 0.15) is 25.8 Å². The maximum absolute atomic E-state index is 11.5. The molecule has 100 valence electrons. The Labute approximate surface area is 108 Å². The van der Waals surface area contributed by atoms with E-state index >= 15 is 0 Å². The van der Waals surface area contributed by atoms with Gasteiger partial charge in [0.25, 0.3) is 0 Å². The number of para-hydroxylation sites is 1. The number of rotatable bonds is 7. The lowest BCUT2D eigenvalue weighted by atomic mass is 10.1. The van der Waals surface area contributed by atoms with Gasteiger partial charge in [0, 0.05) is 6.42 Å². The van der Waals surface area contributed by atoms with Crippen molar-refractivity contribution in [3.05, 3.63) is 29.8 Å². The van der Waals surface area contributed by atoms with Crippen LogP contribution in [0.15, 0.2) is 24.3 Å². The number of ether oxygens (including phenoxy) is 2. The van der Waals surface area contributed by atoms with E-state index in [9.17, 15) is 4.79 Å². The molecule has 0 heterocycles. The predicted octanol–water partition coefficient (Wildman–Crippen LogP) is 1.91. The molecule has 0 spiro atoms. The maximum Gasteiger partial charge on any atom is 0.323 e. The average Bonchev–Trinajstić information content (AvgIpc) is 2.38. The van der Waals surface area contributed by atoms with Gasteiger partial charge < -0.3 is 15.2 Å². The third-order valence-electron chi connectivity index (χ3n) is 2.46. The summed E-state index contributed by atoms with van der Waals surface area (Å²) in [5, 5.41) is 0. The average molecular weight is 251 g/mol. The van der Waals surface area contributed by atoms with Crippen LogP contribution in [0.5, 0.6) is 5.75 Å². The number of carbonyl (C=O) groups excluding carboxylic acids is 1. The van der Waals surface area contributed by atoms with Gasteiger partial charge in [-0.15, -0.1) is 0 Å². The van der Waals surface area contributed by atoms with E-state index in [1.807, 2.05) is 31.2 Å². The minimum Gasteiger partial charge on any atom is -0.493 e. The van der Waals surface area contributed by atoms with Gasteiger partial charge in [0.05, 0.1) is 13.2 Å². The first-order valence-electron chi connectivity index (χ1n) is 6.32. The highest BCUT2D eigenvalue weighted by atomic mass is 16.5. The number of hydrogen-bond acceptors (Lipinski definition) is 4. The van der Waals surface area contributed by atoms with E-state index in [1.54, 1.807) is 6.92 Å². The molecule has 1 rings (SSSR count). The lowest BCUT2D eigenvalue weighted by molar-refractivity contribution is -0.144. The Bertz CT molecular complexity index is 379. The summed E-state index contributed by atoms with van der Waals surface area (Å²) in [6.45, 7) is 4.82. The standard InChI is InChI=1S/C14H21NO3/c1-3-9-18-13-8-6-5-7-11(13)10-12(15)14(16)17-4-2/h5-8,12H,3-4,9-10,15H2,1-2H3. The zero-order chi connectivity index (χ0) is 13.4. The van der Waals surface area contributed by atoms with Gasteiger partial charge in [0.2, 0.25) is 0 Å². The van der Waals surface area contributed by atoms with Gasteiger partial charge in [0.15, 0.2) is 0 Å². The number of carbonyl (C=O) groups is 1. The number of hydrogen-bond donors (Lipinski definition) is 1. The fourth-order valence-electron chi connectivity index (χ4n) is 1.59. The third-order valence-corrected chi connectivity index (χ3v) is 2.46. The summed E-state index contributed by atoms with van der Waals surface area (Å²) in [4.78, 5) is 11.5. The van der Waals surface area contributed by atoms with Crippen LogP contribution in [0.2, 0.25) is 0 Å². The maximum atomic E-state index is 11.5. The summed E-state index contributed by atoms with van der Waals surface area (Å²) in [7, 11) is 0. The first-order chi connectivity index (χ1) is 8.69. The summed E-state index contributed by atoms with van der Waals surface area (Å²) in [6.07, 6.45) is 1.37. The van der Waals surface area contributed by atoms with E-state index in [-0.39, 0.29) is 5.97 Å². The van der Waals surface area contributed by atoms with Gasteiger partial charge in [-0.2, -0.15) is 0 Å². The predicted molar refractivity (Wildman–Crippen MR) is 70.5 cm³/mol. The molecular weight excluding hydrogens is 230 g/mol. The molecule has 0 aliphatic rings. The molecule has 0 aliphatic carbocycles. The zero-order valence-corrected chi connectivity index (χ0v) is 11.0. The van der Waals surface area contributed by atoms with Crippen LogP contribution in [0.25, 0.3) is 0 Å². The number of benzene rings is 1. The summed E-state index contributed by atoms with van der Waals surface area (Å²) in [6, 6.07) is 6.99. The van der Waals surface area contributed by atoms with Crippen LogP contribution in [0.3, 0.4) is 0 Å². The molecule has 0 aromatic heterocycles. The van der Waals surface area contributed by atoms with Crippen molar-refractivity contribution in [3.8, 4) is 5.75 Å².